The van der Waals surface area contributed by atoms with Gasteiger partial charge in [0.2, 0.25) is 0 Å². The Kier molecular flexibility index (Phi) is 5.51. The highest BCUT2D eigenvalue weighted by molar-refractivity contribution is 7.98. The Morgan fingerprint density at radius 1 is 1.41 bits per heavy atom. The minimum Gasteiger partial charge on any atom is -0.354 e. The molecule has 0 aliphatic rings. The van der Waals surface area contributed by atoms with Crippen LogP contribution in [0.3, 0.4) is 0 Å². The highest BCUT2D eigenvalue weighted by atomic mass is 32.2. The molecule has 1 aromatic carbocycles. The van der Waals surface area contributed by atoms with Crippen LogP contribution in [0.15, 0.2) is 29.2 Å². The Hall–Kier alpha value is -1.00. The first-order chi connectivity index (χ1) is 8.08. The predicted molar refractivity (Wildman–Crippen MR) is 72.3 cm³/mol. The molecule has 0 aliphatic heterocycles. The Balaban J connectivity index is 2.60. The van der Waals surface area contributed by atoms with Gasteiger partial charge in [0.05, 0.1) is 7.05 Å². The molecule has 0 aliphatic carbocycles. The summed E-state index contributed by atoms with van der Waals surface area (Å²) in [4.78, 5) is 14.0. The number of likely N-dealkylation sites (N-methyl/N-ethyl adjacent to an activating group) is 2. The van der Waals surface area contributed by atoms with Crippen LogP contribution in [-0.4, -0.2) is 32.3 Å². The summed E-state index contributed by atoms with van der Waals surface area (Å²) in [6.07, 6.45) is 2.07. The minimum absolute atomic E-state index is 0.0276. The quantitative estimate of drug-likeness (QED) is 0.752. The molecule has 4 heteroatoms. The molecule has 1 amide bonds. The number of rotatable bonds is 5. The van der Waals surface area contributed by atoms with Gasteiger partial charge in [0.25, 0.3) is 5.91 Å². The molecule has 17 heavy (non-hydrogen) atoms. The smallest absolute Gasteiger partial charge is 0.277 e. The first kappa shape index (κ1) is 14.1. The van der Waals surface area contributed by atoms with E-state index in [2.05, 4.69) is 35.8 Å². The van der Waals surface area contributed by atoms with Crippen LogP contribution in [0.2, 0.25) is 0 Å². The zero-order valence-electron chi connectivity index (χ0n) is 10.9. The maximum atomic E-state index is 11.5. The van der Waals surface area contributed by atoms with Crippen molar-refractivity contribution in [3.05, 3.63) is 29.8 Å². The average molecular weight is 253 g/mol. The molecule has 0 radical (unpaired) electrons. The van der Waals surface area contributed by atoms with Gasteiger partial charge in [-0.3, -0.25) is 4.79 Å². The van der Waals surface area contributed by atoms with Crippen molar-refractivity contribution >= 4 is 17.7 Å². The molecule has 0 fully saturated rings. The molecule has 1 unspecified atom stereocenters. The van der Waals surface area contributed by atoms with Gasteiger partial charge in [0, 0.05) is 17.5 Å². The van der Waals surface area contributed by atoms with Crippen LogP contribution in [0.25, 0.3) is 0 Å². The summed E-state index contributed by atoms with van der Waals surface area (Å²) in [7, 11) is 3.72. The largest absolute Gasteiger partial charge is 0.354 e. The maximum Gasteiger partial charge on any atom is 0.277 e. The summed E-state index contributed by atoms with van der Waals surface area (Å²) < 4.78 is 0. The molecule has 94 valence electrons. The molecule has 0 aromatic heterocycles. The Bertz CT molecular complexity index is 364. The van der Waals surface area contributed by atoms with Crippen molar-refractivity contribution in [3.8, 4) is 0 Å². The first-order valence-corrected chi connectivity index (χ1v) is 6.97. The molecule has 0 saturated carbocycles. The number of amides is 1. The molecule has 0 heterocycles. The van der Waals surface area contributed by atoms with Gasteiger partial charge in [-0.1, -0.05) is 12.1 Å². The highest BCUT2D eigenvalue weighted by Gasteiger charge is 2.20. The van der Waals surface area contributed by atoms with Crippen molar-refractivity contribution < 1.29 is 9.69 Å². The van der Waals surface area contributed by atoms with Crippen molar-refractivity contribution in [2.24, 2.45) is 0 Å². The van der Waals surface area contributed by atoms with E-state index in [1.54, 1.807) is 18.8 Å². The fourth-order valence-electron chi connectivity index (χ4n) is 1.66. The standard InChI is InChI=1S/C13H20N2OS/c1-10(13(16)14-2)15(3)9-11-5-7-12(17-4)8-6-11/h5-8,10H,9H2,1-4H3,(H,14,16)/p+1/t10-/m1/s1. The van der Waals surface area contributed by atoms with E-state index in [1.165, 1.54) is 15.4 Å². The molecule has 2 N–H and O–H groups in total. The van der Waals surface area contributed by atoms with E-state index < -0.39 is 0 Å². The van der Waals surface area contributed by atoms with Crippen molar-refractivity contribution in [1.29, 1.82) is 0 Å². The molecule has 2 atom stereocenters. The fraction of sp³-hybridized carbons (Fsp3) is 0.462. The van der Waals surface area contributed by atoms with Crippen LogP contribution in [-0.2, 0) is 11.3 Å². The van der Waals surface area contributed by atoms with E-state index >= 15 is 0 Å². The molecule has 1 rings (SSSR count). The predicted octanol–water partition coefficient (Wildman–Crippen LogP) is 0.558. The van der Waals surface area contributed by atoms with E-state index in [4.69, 9.17) is 0 Å². The Morgan fingerprint density at radius 2 is 2.00 bits per heavy atom. The number of quaternary nitrogens is 1. The highest BCUT2D eigenvalue weighted by Crippen LogP contribution is 2.14. The Morgan fingerprint density at radius 3 is 2.47 bits per heavy atom. The Labute approximate surface area is 108 Å². The van der Waals surface area contributed by atoms with Crippen molar-refractivity contribution in [2.45, 2.75) is 24.4 Å². The number of carbonyl (C=O) groups excluding carboxylic acids is 1. The van der Waals surface area contributed by atoms with Gasteiger partial charge in [0.15, 0.2) is 6.04 Å². The van der Waals surface area contributed by atoms with Crippen molar-refractivity contribution in [3.63, 3.8) is 0 Å². The zero-order chi connectivity index (χ0) is 12.8. The zero-order valence-corrected chi connectivity index (χ0v) is 11.7. The van der Waals surface area contributed by atoms with Crippen LogP contribution >= 0.6 is 11.8 Å². The first-order valence-electron chi connectivity index (χ1n) is 5.75. The van der Waals surface area contributed by atoms with Crippen molar-refractivity contribution in [2.75, 3.05) is 20.4 Å². The summed E-state index contributed by atoms with van der Waals surface area (Å²) >= 11 is 1.74. The van der Waals surface area contributed by atoms with Crippen LogP contribution in [0.4, 0.5) is 0 Å². The number of benzene rings is 1. The summed E-state index contributed by atoms with van der Waals surface area (Å²) in [6.45, 7) is 2.81. The van der Waals surface area contributed by atoms with Gasteiger partial charge < -0.3 is 10.2 Å². The third kappa shape index (κ3) is 4.06. The fourth-order valence-corrected chi connectivity index (χ4v) is 2.07. The van der Waals surface area contributed by atoms with E-state index in [1.807, 2.05) is 14.0 Å². The molecule has 0 saturated heterocycles. The lowest BCUT2D eigenvalue weighted by Crippen LogP contribution is -3.12. The number of nitrogens with one attached hydrogen (secondary N) is 2. The number of hydrogen-bond acceptors (Lipinski definition) is 2. The molecule has 0 spiro atoms. The van der Waals surface area contributed by atoms with Gasteiger partial charge in [-0.15, -0.1) is 11.8 Å². The summed E-state index contributed by atoms with van der Waals surface area (Å²) in [5, 5.41) is 2.69. The van der Waals surface area contributed by atoms with E-state index in [9.17, 15) is 4.79 Å². The molecular formula is C13H21N2OS+. The van der Waals surface area contributed by atoms with E-state index in [-0.39, 0.29) is 11.9 Å². The summed E-state index contributed by atoms with van der Waals surface area (Å²) in [5.74, 6) is 0.0863. The SMILES string of the molecule is CNC(=O)[C@@H](C)[NH+](C)Cc1ccc(SC)cc1. The lowest BCUT2D eigenvalue weighted by atomic mass is 10.2. The topological polar surface area (TPSA) is 33.5 Å². The third-order valence-corrected chi connectivity index (χ3v) is 3.76. The van der Waals surface area contributed by atoms with Crippen LogP contribution in [0.1, 0.15) is 12.5 Å². The second-order valence-corrected chi connectivity index (χ2v) is 5.09. The second kappa shape index (κ2) is 6.67. The monoisotopic (exact) mass is 253 g/mol. The summed E-state index contributed by atoms with van der Waals surface area (Å²) in [6, 6.07) is 8.48. The van der Waals surface area contributed by atoms with Gasteiger partial charge in [-0.25, -0.2) is 0 Å². The number of thioether (sulfide) groups is 1. The molecule has 3 nitrogen and oxygen atoms in total. The lowest BCUT2D eigenvalue weighted by molar-refractivity contribution is -0.908. The molecular weight excluding hydrogens is 232 g/mol. The minimum atomic E-state index is -0.0276. The molecule has 0 bridgehead atoms. The second-order valence-electron chi connectivity index (χ2n) is 4.21. The van der Waals surface area contributed by atoms with E-state index in [0.29, 0.717) is 0 Å². The van der Waals surface area contributed by atoms with Crippen LogP contribution in [0, 0.1) is 0 Å². The number of carbonyl (C=O) groups is 1. The number of hydrogen-bond donors (Lipinski definition) is 2. The van der Waals surface area contributed by atoms with Crippen molar-refractivity contribution in [1.82, 2.24) is 5.32 Å². The van der Waals surface area contributed by atoms with Crippen LogP contribution < -0.4 is 10.2 Å². The molecule has 1 aromatic rings. The summed E-state index contributed by atoms with van der Waals surface area (Å²) in [5.41, 5.74) is 1.26. The normalized spacial score (nSPS) is 14.1. The average Bonchev–Trinajstić information content (AvgIpc) is 2.37. The maximum absolute atomic E-state index is 11.5. The van der Waals surface area contributed by atoms with Crippen LogP contribution in [0.5, 0.6) is 0 Å². The van der Waals surface area contributed by atoms with Gasteiger partial charge in [-0.2, -0.15) is 0 Å². The van der Waals surface area contributed by atoms with Gasteiger partial charge in [-0.05, 0) is 25.3 Å². The van der Waals surface area contributed by atoms with Gasteiger partial charge in [0.1, 0.15) is 6.54 Å². The third-order valence-electron chi connectivity index (χ3n) is 3.02. The van der Waals surface area contributed by atoms with Gasteiger partial charge >= 0.3 is 0 Å². The lowest BCUT2D eigenvalue weighted by Gasteiger charge is -2.20. The van der Waals surface area contributed by atoms with E-state index in [0.717, 1.165) is 6.54 Å².